The maximum atomic E-state index is 12.9. The molecule has 2 aromatic carbocycles. The molecule has 0 fully saturated rings. The highest BCUT2D eigenvalue weighted by Crippen LogP contribution is 2.35. The molecule has 2 amide bonds. The second-order valence-corrected chi connectivity index (χ2v) is 5.21. The van der Waals surface area contributed by atoms with E-state index < -0.39 is 30.3 Å². The smallest absolute Gasteiger partial charge is 0.416 e. The molecule has 0 aromatic heterocycles. The minimum Gasteiger partial charge on any atom is -0.480 e. The van der Waals surface area contributed by atoms with Crippen LogP contribution in [0.15, 0.2) is 42.5 Å². The summed E-state index contributed by atoms with van der Waals surface area (Å²) in [6.07, 6.45) is -4.11. The molecule has 0 unspecified atom stereocenters. The molecule has 10 heteroatoms. The molecule has 2 aromatic rings. The summed E-state index contributed by atoms with van der Waals surface area (Å²) >= 11 is 0. The number of urea groups is 1. The van der Waals surface area contributed by atoms with Crippen molar-refractivity contribution in [2.75, 3.05) is 17.2 Å². The van der Waals surface area contributed by atoms with Crippen molar-refractivity contribution in [2.45, 2.75) is 6.18 Å². The number of hydrogen-bond acceptors (Lipinski definition) is 4. The molecular weight excluding hydrogens is 369 g/mol. The SMILES string of the molecule is O=Cc1cccc(NC(=O)Nc2cc(C(F)(F)F)ccc2OCC(=O)O)c1. The van der Waals surface area contributed by atoms with Crippen molar-refractivity contribution in [3.05, 3.63) is 53.6 Å². The Kier molecular flexibility index (Phi) is 6.01. The molecule has 3 N–H and O–H groups in total. The number of hydrogen-bond donors (Lipinski definition) is 3. The van der Waals surface area contributed by atoms with Crippen molar-refractivity contribution in [2.24, 2.45) is 0 Å². The molecule has 0 spiro atoms. The fourth-order valence-corrected chi connectivity index (χ4v) is 2.04. The van der Waals surface area contributed by atoms with Crippen LogP contribution in [-0.2, 0) is 11.0 Å². The third-order valence-corrected chi connectivity index (χ3v) is 3.19. The number of halogens is 3. The predicted octanol–water partition coefficient (Wildman–Crippen LogP) is 3.63. The molecule has 142 valence electrons. The number of amides is 2. The van der Waals surface area contributed by atoms with Crippen molar-refractivity contribution in [1.82, 2.24) is 0 Å². The van der Waals surface area contributed by atoms with E-state index in [1.165, 1.54) is 24.3 Å². The zero-order valence-electron chi connectivity index (χ0n) is 13.5. The quantitative estimate of drug-likeness (QED) is 0.662. The van der Waals surface area contributed by atoms with Gasteiger partial charge in [-0.2, -0.15) is 13.2 Å². The molecule has 0 aliphatic heterocycles. The minimum atomic E-state index is -4.67. The van der Waals surface area contributed by atoms with E-state index in [9.17, 15) is 27.6 Å². The Labute approximate surface area is 150 Å². The molecule has 0 saturated heterocycles. The first-order valence-electron chi connectivity index (χ1n) is 7.38. The van der Waals surface area contributed by atoms with E-state index in [4.69, 9.17) is 9.84 Å². The van der Waals surface area contributed by atoms with Crippen molar-refractivity contribution in [3.63, 3.8) is 0 Å². The average Bonchev–Trinajstić information content (AvgIpc) is 2.59. The Morgan fingerprint density at radius 3 is 2.48 bits per heavy atom. The van der Waals surface area contributed by atoms with E-state index in [0.717, 1.165) is 6.07 Å². The maximum Gasteiger partial charge on any atom is 0.416 e. The highest BCUT2D eigenvalue weighted by Gasteiger charge is 2.31. The fourth-order valence-electron chi connectivity index (χ4n) is 2.04. The number of nitrogens with one attached hydrogen (secondary N) is 2. The molecule has 0 radical (unpaired) electrons. The minimum absolute atomic E-state index is 0.233. The van der Waals surface area contributed by atoms with Gasteiger partial charge in [0.05, 0.1) is 11.3 Å². The Balaban J connectivity index is 2.23. The summed E-state index contributed by atoms with van der Waals surface area (Å²) in [7, 11) is 0. The van der Waals surface area contributed by atoms with Gasteiger partial charge in [0.15, 0.2) is 6.61 Å². The van der Waals surface area contributed by atoms with Crippen LogP contribution in [0.1, 0.15) is 15.9 Å². The van der Waals surface area contributed by atoms with Crippen molar-refractivity contribution < 1.29 is 37.4 Å². The van der Waals surface area contributed by atoms with Gasteiger partial charge in [0.25, 0.3) is 0 Å². The first-order chi connectivity index (χ1) is 12.7. The number of carbonyl (C=O) groups is 3. The van der Waals surface area contributed by atoms with E-state index in [1.807, 2.05) is 0 Å². The lowest BCUT2D eigenvalue weighted by molar-refractivity contribution is -0.139. The highest BCUT2D eigenvalue weighted by molar-refractivity contribution is 6.01. The van der Waals surface area contributed by atoms with Crippen LogP contribution in [0.3, 0.4) is 0 Å². The highest BCUT2D eigenvalue weighted by atomic mass is 19.4. The van der Waals surface area contributed by atoms with E-state index in [0.29, 0.717) is 18.4 Å². The Morgan fingerprint density at radius 1 is 1.11 bits per heavy atom. The zero-order chi connectivity index (χ0) is 20.0. The van der Waals surface area contributed by atoms with E-state index in [2.05, 4.69) is 10.6 Å². The molecule has 0 aliphatic rings. The first-order valence-corrected chi connectivity index (χ1v) is 7.38. The molecule has 27 heavy (non-hydrogen) atoms. The van der Waals surface area contributed by atoms with Crippen LogP contribution in [-0.4, -0.2) is 30.0 Å². The summed E-state index contributed by atoms with van der Waals surface area (Å²) in [5.41, 5.74) is -0.895. The second-order valence-electron chi connectivity index (χ2n) is 5.21. The monoisotopic (exact) mass is 382 g/mol. The lowest BCUT2D eigenvalue weighted by atomic mass is 10.1. The number of benzene rings is 2. The van der Waals surface area contributed by atoms with Gasteiger partial charge in [-0.1, -0.05) is 12.1 Å². The molecule has 2 rings (SSSR count). The number of anilines is 2. The van der Waals surface area contributed by atoms with Crippen molar-refractivity contribution in [3.8, 4) is 5.75 Å². The third-order valence-electron chi connectivity index (χ3n) is 3.19. The van der Waals surface area contributed by atoms with Gasteiger partial charge in [0, 0.05) is 11.3 Å². The van der Waals surface area contributed by atoms with E-state index in [1.54, 1.807) is 0 Å². The lowest BCUT2D eigenvalue weighted by Gasteiger charge is -2.15. The van der Waals surface area contributed by atoms with Gasteiger partial charge in [0.2, 0.25) is 0 Å². The van der Waals surface area contributed by atoms with Crippen LogP contribution in [0.2, 0.25) is 0 Å². The Morgan fingerprint density at radius 2 is 1.85 bits per heavy atom. The predicted molar refractivity (Wildman–Crippen MR) is 89.0 cm³/mol. The van der Waals surface area contributed by atoms with E-state index >= 15 is 0 Å². The molecule has 0 atom stereocenters. The standard InChI is InChI=1S/C17H13F3N2O5/c18-17(19,20)11-4-5-14(27-9-15(24)25)13(7-11)22-16(26)21-12-3-1-2-10(6-12)8-23/h1-8H,9H2,(H,24,25)(H2,21,22,26). The van der Waals surface area contributed by atoms with Gasteiger partial charge in [-0.05, 0) is 30.3 Å². The molecule has 7 nitrogen and oxygen atoms in total. The largest absolute Gasteiger partial charge is 0.480 e. The summed E-state index contributed by atoms with van der Waals surface area (Å²) in [5.74, 6) is -1.59. The Hall–Kier alpha value is -3.56. The number of carboxylic acid groups (broad SMARTS) is 1. The number of carbonyl (C=O) groups excluding carboxylic acids is 2. The van der Waals surface area contributed by atoms with Crippen LogP contribution >= 0.6 is 0 Å². The van der Waals surface area contributed by atoms with Gasteiger partial charge in [-0.3, -0.25) is 4.79 Å². The van der Waals surface area contributed by atoms with Crippen LogP contribution < -0.4 is 15.4 Å². The summed E-state index contributed by atoms with van der Waals surface area (Å²) in [6, 6.07) is 7.17. The summed E-state index contributed by atoms with van der Waals surface area (Å²) in [4.78, 5) is 33.4. The van der Waals surface area contributed by atoms with Gasteiger partial charge in [0.1, 0.15) is 12.0 Å². The van der Waals surface area contributed by atoms with Gasteiger partial charge >= 0.3 is 18.2 Å². The molecular formula is C17H13F3N2O5. The second kappa shape index (κ2) is 8.21. The number of ether oxygens (including phenoxy) is 1. The number of carboxylic acids is 1. The summed E-state index contributed by atoms with van der Waals surface area (Å²) < 4.78 is 43.6. The number of alkyl halides is 3. The lowest BCUT2D eigenvalue weighted by Crippen LogP contribution is -2.21. The van der Waals surface area contributed by atoms with Crippen LogP contribution in [0.25, 0.3) is 0 Å². The fraction of sp³-hybridized carbons (Fsp3) is 0.118. The zero-order valence-corrected chi connectivity index (χ0v) is 13.5. The average molecular weight is 382 g/mol. The molecule has 0 saturated carbocycles. The summed E-state index contributed by atoms with van der Waals surface area (Å²) in [6.45, 7) is -0.803. The molecule has 0 aliphatic carbocycles. The van der Waals surface area contributed by atoms with Gasteiger partial charge < -0.3 is 20.5 Å². The normalized spacial score (nSPS) is 10.8. The number of aliphatic carboxylic acids is 1. The Bertz CT molecular complexity index is 868. The maximum absolute atomic E-state index is 12.9. The van der Waals surface area contributed by atoms with Crippen LogP contribution in [0, 0.1) is 0 Å². The number of rotatable bonds is 6. The first kappa shape index (κ1) is 19.8. The van der Waals surface area contributed by atoms with Crippen LogP contribution in [0.5, 0.6) is 5.75 Å². The topological polar surface area (TPSA) is 105 Å². The third kappa shape index (κ3) is 5.73. The number of aldehydes is 1. The summed E-state index contributed by atoms with van der Waals surface area (Å²) in [5, 5.41) is 13.2. The molecule has 0 heterocycles. The van der Waals surface area contributed by atoms with Gasteiger partial charge in [-0.15, -0.1) is 0 Å². The van der Waals surface area contributed by atoms with Gasteiger partial charge in [-0.25, -0.2) is 9.59 Å². The van der Waals surface area contributed by atoms with E-state index in [-0.39, 0.29) is 22.7 Å². The molecule has 0 bridgehead atoms. The van der Waals surface area contributed by atoms with Crippen molar-refractivity contribution >= 4 is 29.7 Å². The van der Waals surface area contributed by atoms with Crippen LogP contribution in [0.4, 0.5) is 29.3 Å². The van der Waals surface area contributed by atoms with Crippen molar-refractivity contribution in [1.29, 1.82) is 0 Å².